The van der Waals surface area contributed by atoms with Gasteiger partial charge in [0.15, 0.2) is 5.82 Å². The average molecular weight is 281 g/mol. The van der Waals surface area contributed by atoms with Crippen molar-refractivity contribution in [1.82, 2.24) is 15.5 Å². The molecule has 2 fully saturated rings. The first-order chi connectivity index (χ1) is 9.32. The van der Waals surface area contributed by atoms with Crippen LogP contribution in [0.15, 0.2) is 4.52 Å². The molecule has 1 atom stereocenters. The normalized spacial score (nSPS) is 28.3. The monoisotopic (exact) mass is 281 g/mol. The van der Waals surface area contributed by atoms with Gasteiger partial charge in [0.1, 0.15) is 0 Å². The van der Waals surface area contributed by atoms with Gasteiger partial charge in [0.25, 0.3) is 0 Å². The lowest BCUT2D eigenvalue weighted by atomic mass is 9.94. The van der Waals surface area contributed by atoms with Crippen LogP contribution in [0.4, 0.5) is 0 Å². The fourth-order valence-corrected chi connectivity index (χ4v) is 4.36. The van der Waals surface area contributed by atoms with E-state index in [-0.39, 0.29) is 5.54 Å². The zero-order valence-electron chi connectivity index (χ0n) is 11.7. The van der Waals surface area contributed by atoms with Crippen LogP contribution in [0.1, 0.15) is 63.6 Å². The molecular weight excluding hydrogens is 258 g/mol. The zero-order chi connectivity index (χ0) is 13.1. The van der Waals surface area contributed by atoms with Crippen LogP contribution in [0, 0.1) is 0 Å². The van der Waals surface area contributed by atoms with E-state index in [0.29, 0.717) is 0 Å². The minimum absolute atomic E-state index is 0.0523. The Morgan fingerprint density at radius 3 is 2.89 bits per heavy atom. The Morgan fingerprint density at radius 1 is 1.37 bits per heavy atom. The van der Waals surface area contributed by atoms with E-state index in [1.165, 1.54) is 32.1 Å². The Bertz CT molecular complexity index is 409. The third-order valence-corrected chi connectivity index (χ3v) is 5.84. The van der Waals surface area contributed by atoms with Crippen LogP contribution in [0.25, 0.3) is 0 Å². The number of nitrogens with one attached hydrogen (secondary N) is 1. The summed E-state index contributed by atoms with van der Waals surface area (Å²) in [6, 6.07) is 0. The van der Waals surface area contributed by atoms with Crippen molar-refractivity contribution in [2.75, 3.05) is 6.54 Å². The fraction of sp³-hybridized carbons (Fsp3) is 0.857. The summed E-state index contributed by atoms with van der Waals surface area (Å²) in [5.41, 5.74) is -0.0523. The highest BCUT2D eigenvalue weighted by Crippen LogP contribution is 2.34. The van der Waals surface area contributed by atoms with Crippen molar-refractivity contribution >= 4 is 11.8 Å². The number of thioether (sulfide) groups is 1. The molecular formula is C14H23N3OS. The Hall–Kier alpha value is -0.550. The summed E-state index contributed by atoms with van der Waals surface area (Å²) in [6.45, 7) is 3.25. The molecule has 1 aromatic heterocycles. The second-order valence-corrected chi connectivity index (χ2v) is 6.99. The summed E-state index contributed by atoms with van der Waals surface area (Å²) in [5.74, 6) is 2.57. The van der Waals surface area contributed by atoms with E-state index >= 15 is 0 Å². The topological polar surface area (TPSA) is 51.0 Å². The Morgan fingerprint density at radius 2 is 2.21 bits per heavy atom. The van der Waals surface area contributed by atoms with Crippen molar-refractivity contribution in [1.29, 1.82) is 0 Å². The van der Waals surface area contributed by atoms with E-state index in [4.69, 9.17) is 4.52 Å². The van der Waals surface area contributed by atoms with Crippen molar-refractivity contribution in [3.8, 4) is 0 Å². The first kappa shape index (κ1) is 13.4. The molecule has 1 saturated carbocycles. The van der Waals surface area contributed by atoms with E-state index in [0.717, 1.165) is 42.1 Å². The largest absolute Gasteiger partial charge is 0.337 e. The Balaban J connectivity index is 1.62. The molecule has 0 spiro atoms. The molecule has 2 heterocycles. The molecule has 1 unspecified atom stereocenters. The van der Waals surface area contributed by atoms with Gasteiger partial charge in [-0.2, -0.15) is 16.7 Å². The van der Waals surface area contributed by atoms with Crippen LogP contribution in [-0.4, -0.2) is 21.9 Å². The van der Waals surface area contributed by atoms with Crippen LogP contribution in [0.5, 0.6) is 0 Å². The number of aromatic nitrogens is 2. The summed E-state index contributed by atoms with van der Waals surface area (Å²) in [6.07, 6.45) is 8.81. The quantitative estimate of drug-likeness (QED) is 0.898. The van der Waals surface area contributed by atoms with Gasteiger partial charge in [0.2, 0.25) is 5.89 Å². The first-order valence-electron chi connectivity index (χ1n) is 7.52. The van der Waals surface area contributed by atoms with Crippen molar-refractivity contribution in [2.45, 2.75) is 68.4 Å². The number of hydrogen-bond donors (Lipinski definition) is 1. The van der Waals surface area contributed by atoms with Crippen molar-refractivity contribution in [3.63, 3.8) is 0 Å². The highest BCUT2D eigenvalue weighted by molar-refractivity contribution is 7.99. The van der Waals surface area contributed by atoms with Gasteiger partial charge >= 0.3 is 0 Å². The molecule has 1 aromatic rings. The van der Waals surface area contributed by atoms with Gasteiger partial charge in [-0.1, -0.05) is 24.9 Å². The van der Waals surface area contributed by atoms with E-state index in [1.54, 1.807) is 0 Å². The predicted octanol–water partition coefficient (Wildman–Crippen LogP) is 3.23. The molecule has 0 aromatic carbocycles. The van der Waals surface area contributed by atoms with Crippen molar-refractivity contribution in [3.05, 3.63) is 11.7 Å². The van der Waals surface area contributed by atoms with Crippen molar-refractivity contribution < 1.29 is 4.52 Å². The summed E-state index contributed by atoms with van der Waals surface area (Å²) in [5, 5.41) is 8.52. The molecule has 2 aliphatic rings. The summed E-state index contributed by atoms with van der Waals surface area (Å²) < 4.78 is 5.52. The summed E-state index contributed by atoms with van der Waals surface area (Å²) in [7, 11) is 0. The predicted molar refractivity (Wildman–Crippen MR) is 77.1 cm³/mol. The smallest absolute Gasteiger partial charge is 0.246 e. The maximum Gasteiger partial charge on any atom is 0.246 e. The van der Waals surface area contributed by atoms with Gasteiger partial charge < -0.3 is 9.84 Å². The lowest BCUT2D eigenvalue weighted by molar-refractivity contribution is 0.249. The van der Waals surface area contributed by atoms with Crippen LogP contribution < -0.4 is 5.32 Å². The lowest BCUT2D eigenvalue weighted by Gasteiger charge is -2.22. The molecule has 19 heavy (non-hydrogen) atoms. The third-order valence-electron chi connectivity index (χ3n) is 4.48. The van der Waals surface area contributed by atoms with E-state index in [2.05, 4.69) is 22.4 Å². The Kier molecular flexibility index (Phi) is 4.12. The second-order valence-electron chi connectivity index (χ2n) is 5.70. The molecule has 0 bridgehead atoms. The molecule has 106 valence electrons. The maximum absolute atomic E-state index is 5.52. The molecule has 4 nitrogen and oxygen atoms in total. The number of rotatable bonds is 5. The van der Waals surface area contributed by atoms with E-state index in [1.807, 2.05) is 11.8 Å². The summed E-state index contributed by atoms with van der Waals surface area (Å²) >= 11 is 1.99. The SMILES string of the molecule is CCC1(c2nc(CSC3CCCC3)no2)CCCN1. The third kappa shape index (κ3) is 2.82. The van der Waals surface area contributed by atoms with Crippen molar-refractivity contribution in [2.24, 2.45) is 0 Å². The Labute approximate surface area is 119 Å². The van der Waals surface area contributed by atoms with Gasteiger partial charge in [-0.05, 0) is 38.6 Å². The lowest BCUT2D eigenvalue weighted by Crippen LogP contribution is -2.36. The number of hydrogen-bond acceptors (Lipinski definition) is 5. The molecule has 5 heteroatoms. The minimum Gasteiger partial charge on any atom is -0.337 e. The molecule has 1 saturated heterocycles. The van der Waals surface area contributed by atoms with Gasteiger partial charge in [-0.3, -0.25) is 0 Å². The van der Waals surface area contributed by atoms with Crippen LogP contribution in [0.2, 0.25) is 0 Å². The first-order valence-corrected chi connectivity index (χ1v) is 8.57. The highest BCUT2D eigenvalue weighted by Gasteiger charge is 2.38. The molecule has 0 radical (unpaired) electrons. The standard InChI is InChI=1S/C14H23N3OS/c1-2-14(8-5-9-15-14)13-16-12(17-18-13)10-19-11-6-3-4-7-11/h11,15H,2-10H2,1H3. The maximum atomic E-state index is 5.52. The van der Waals surface area contributed by atoms with Crippen LogP contribution >= 0.6 is 11.8 Å². The average Bonchev–Trinajstić information content (AvgIpc) is 3.17. The van der Waals surface area contributed by atoms with E-state index < -0.39 is 0 Å². The molecule has 1 aliphatic heterocycles. The van der Waals surface area contributed by atoms with Gasteiger partial charge in [0, 0.05) is 5.25 Å². The second kappa shape index (κ2) is 5.83. The molecule has 1 aliphatic carbocycles. The highest BCUT2D eigenvalue weighted by atomic mass is 32.2. The fourth-order valence-electron chi connectivity index (χ4n) is 3.20. The van der Waals surface area contributed by atoms with Gasteiger partial charge in [0.05, 0.1) is 11.3 Å². The molecule has 0 amide bonds. The van der Waals surface area contributed by atoms with Crippen LogP contribution in [0.3, 0.4) is 0 Å². The number of nitrogens with zero attached hydrogens (tertiary/aromatic N) is 2. The van der Waals surface area contributed by atoms with Gasteiger partial charge in [-0.15, -0.1) is 0 Å². The van der Waals surface area contributed by atoms with Gasteiger partial charge in [-0.25, -0.2) is 0 Å². The zero-order valence-corrected chi connectivity index (χ0v) is 12.5. The summed E-state index contributed by atoms with van der Waals surface area (Å²) in [4.78, 5) is 4.64. The molecule has 1 N–H and O–H groups in total. The van der Waals surface area contributed by atoms with Crippen LogP contribution in [-0.2, 0) is 11.3 Å². The van der Waals surface area contributed by atoms with E-state index in [9.17, 15) is 0 Å². The minimum atomic E-state index is -0.0523. The molecule has 3 rings (SSSR count).